The van der Waals surface area contributed by atoms with Gasteiger partial charge in [-0.3, -0.25) is 0 Å². The summed E-state index contributed by atoms with van der Waals surface area (Å²) in [4.78, 5) is 3.91. The molecule has 0 saturated heterocycles. The molecule has 0 spiro atoms. The highest BCUT2D eigenvalue weighted by Gasteiger charge is 2.13. The molecular formula is C12H10ClF2N. The lowest BCUT2D eigenvalue weighted by molar-refractivity contribution is 0.615. The van der Waals surface area contributed by atoms with E-state index in [2.05, 4.69) is 4.98 Å². The molecule has 0 radical (unpaired) electrons. The smallest absolute Gasteiger partial charge is 0.149 e. The Morgan fingerprint density at radius 3 is 2.44 bits per heavy atom. The van der Waals surface area contributed by atoms with Gasteiger partial charge in [0, 0.05) is 5.39 Å². The summed E-state index contributed by atoms with van der Waals surface area (Å²) in [5.74, 6) is -0.928. The number of fused-ring (bicyclic) bond motifs is 1. The van der Waals surface area contributed by atoms with Gasteiger partial charge in [-0.2, -0.15) is 0 Å². The van der Waals surface area contributed by atoms with Gasteiger partial charge >= 0.3 is 0 Å². The van der Waals surface area contributed by atoms with E-state index >= 15 is 0 Å². The monoisotopic (exact) mass is 241 g/mol. The molecule has 1 heterocycles. The summed E-state index contributed by atoms with van der Waals surface area (Å²) < 4.78 is 26.9. The van der Waals surface area contributed by atoms with Crippen LogP contribution in [-0.2, 0) is 0 Å². The van der Waals surface area contributed by atoms with Gasteiger partial charge in [-0.15, -0.1) is 0 Å². The Labute approximate surface area is 97.1 Å². The highest BCUT2D eigenvalue weighted by atomic mass is 35.5. The number of hydrogen-bond donors (Lipinski definition) is 0. The minimum Gasteiger partial charge on any atom is -0.233 e. The second kappa shape index (κ2) is 3.98. The van der Waals surface area contributed by atoms with Crippen molar-refractivity contribution in [3.8, 4) is 0 Å². The molecule has 0 aliphatic heterocycles. The average Bonchev–Trinajstić information content (AvgIpc) is 2.23. The molecule has 1 nitrogen and oxygen atoms in total. The SMILES string of the molecule is CC(C)c1cc2c(F)ccc(F)c2nc1Cl. The number of nitrogens with zero attached hydrogens (tertiary/aromatic N) is 1. The van der Waals surface area contributed by atoms with Crippen LogP contribution >= 0.6 is 11.6 Å². The van der Waals surface area contributed by atoms with E-state index in [4.69, 9.17) is 11.6 Å². The topological polar surface area (TPSA) is 12.9 Å². The second-order valence-electron chi connectivity index (χ2n) is 3.95. The van der Waals surface area contributed by atoms with Crippen molar-refractivity contribution < 1.29 is 8.78 Å². The van der Waals surface area contributed by atoms with Crippen LogP contribution in [-0.4, -0.2) is 4.98 Å². The minimum atomic E-state index is -0.561. The molecule has 0 bridgehead atoms. The van der Waals surface area contributed by atoms with Crippen LogP contribution < -0.4 is 0 Å². The van der Waals surface area contributed by atoms with E-state index in [1.807, 2.05) is 13.8 Å². The van der Waals surface area contributed by atoms with Crippen LogP contribution in [0.3, 0.4) is 0 Å². The fourth-order valence-corrected chi connectivity index (χ4v) is 1.95. The fourth-order valence-electron chi connectivity index (χ4n) is 1.59. The van der Waals surface area contributed by atoms with Crippen LogP contribution in [0, 0.1) is 11.6 Å². The van der Waals surface area contributed by atoms with Crippen molar-refractivity contribution in [2.24, 2.45) is 0 Å². The highest BCUT2D eigenvalue weighted by Crippen LogP contribution is 2.28. The predicted molar refractivity (Wildman–Crippen MR) is 60.8 cm³/mol. The predicted octanol–water partition coefficient (Wildman–Crippen LogP) is 4.29. The van der Waals surface area contributed by atoms with Gasteiger partial charge in [0.25, 0.3) is 0 Å². The van der Waals surface area contributed by atoms with Gasteiger partial charge in [0.15, 0.2) is 0 Å². The first kappa shape index (κ1) is 11.3. The zero-order valence-corrected chi connectivity index (χ0v) is 9.65. The molecule has 4 heteroatoms. The number of halogens is 3. The third-order valence-electron chi connectivity index (χ3n) is 2.48. The highest BCUT2D eigenvalue weighted by molar-refractivity contribution is 6.30. The van der Waals surface area contributed by atoms with Crippen molar-refractivity contribution in [2.75, 3.05) is 0 Å². The van der Waals surface area contributed by atoms with E-state index in [0.717, 1.165) is 17.7 Å². The van der Waals surface area contributed by atoms with Crippen molar-refractivity contribution in [1.29, 1.82) is 0 Å². The summed E-state index contributed by atoms with van der Waals surface area (Å²) in [6.07, 6.45) is 0. The van der Waals surface area contributed by atoms with Crippen LogP contribution in [0.25, 0.3) is 10.9 Å². The summed E-state index contributed by atoms with van der Waals surface area (Å²) >= 11 is 5.92. The zero-order valence-electron chi connectivity index (χ0n) is 8.89. The zero-order chi connectivity index (χ0) is 11.9. The largest absolute Gasteiger partial charge is 0.233 e. The summed E-state index contributed by atoms with van der Waals surface area (Å²) in [6.45, 7) is 3.85. The standard InChI is InChI=1S/C12H10ClF2N/c1-6(2)7-5-8-9(14)3-4-10(15)11(8)16-12(7)13/h3-6H,1-2H3. The Bertz CT molecular complexity index is 552. The Hall–Kier alpha value is -1.22. The van der Waals surface area contributed by atoms with Gasteiger partial charge in [0.1, 0.15) is 22.3 Å². The molecule has 84 valence electrons. The number of hydrogen-bond acceptors (Lipinski definition) is 1. The van der Waals surface area contributed by atoms with Gasteiger partial charge in [0.2, 0.25) is 0 Å². The van der Waals surface area contributed by atoms with Crippen molar-refractivity contribution in [2.45, 2.75) is 19.8 Å². The molecule has 0 aliphatic rings. The molecule has 0 aliphatic carbocycles. The third kappa shape index (κ3) is 1.76. The maximum absolute atomic E-state index is 13.5. The normalized spacial score (nSPS) is 11.4. The molecule has 0 fully saturated rings. The van der Waals surface area contributed by atoms with Gasteiger partial charge in [-0.1, -0.05) is 25.4 Å². The second-order valence-corrected chi connectivity index (χ2v) is 4.31. The van der Waals surface area contributed by atoms with E-state index in [9.17, 15) is 8.78 Å². The fraction of sp³-hybridized carbons (Fsp3) is 0.250. The van der Waals surface area contributed by atoms with Gasteiger partial charge in [-0.05, 0) is 29.7 Å². The van der Waals surface area contributed by atoms with E-state index in [-0.39, 0.29) is 22.0 Å². The summed E-state index contributed by atoms with van der Waals surface area (Å²) in [6, 6.07) is 3.71. The lowest BCUT2D eigenvalue weighted by Gasteiger charge is -2.09. The third-order valence-corrected chi connectivity index (χ3v) is 2.79. The molecule has 0 unspecified atom stereocenters. The maximum atomic E-state index is 13.5. The van der Waals surface area contributed by atoms with E-state index < -0.39 is 11.6 Å². The number of aromatic nitrogens is 1. The molecule has 16 heavy (non-hydrogen) atoms. The molecule has 2 aromatic rings. The maximum Gasteiger partial charge on any atom is 0.149 e. The lowest BCUT2D eigenvalue weighted by atomic mass is 10.0. The summed E-state index contributed by atoms with van der Waals surface area (Å²) in [5.41, 5.74) is 0.702. The molecule has 0 N–H and O–H groups in total. The Balaban J connectivity index is 2.84. The van der Waals surface area contributed by atoms with Gasteiger partial charge in [-0.25, -0.2) is 13.8 Å². The molecule has 0 saturated carbocycles. The summed E-state index contributed by atoms with van der Waals surface area (Å²) in [7, 11) is 0. The Kier molecular flexibility index (Phi) is 2.80. The quantitative estimate of drug-likeness (QED) is 0.679. The lowest BCUT2D eigenvalue weighted by Crippen LogP contribution is -1.96. The molecule has 0 atom stereocenters. The van der Waals surface area contributed by atoms with Gasteiger partial charge in [0.05, 0.1) is 0 Å². The molecule has 1 aromatic carbocycles. The Morgan fingerprint density at radius 1 is 1.19 bits per heavy atom. The number of rotatable bonds is 1. The van der Waals surface area contributed by atoms with Crippen LogP contribution in [0.5, 0.6) is 0 Å². The first-order valence-electron chi connectivity index (χ1n) is 4.95. The number of pyridine rings is 1. The average molecular weight is 242 g/mol. The van der Waals surface area contributed by atoms with E-state index in [1.165, 1.54) is 0 Å². The Morgan fingerprint density at radius 2 is 1.81 bits per heavy atom. The first-order valence-corrected chi connectivity index (χ1v) is 5.32. The van der Waals surface area contributed by atoms with Crippen molar-refractivity contribution in [3.63, 3.8) is 0 Å². The molecular weight excluding hydrogens is 232 g/mol. The molecule has 2 rings (SSSR count). The van der Waals surface area contributed by atoms with Crippen molar-refractivity contribution >= 4 is 22.5 Å². The van der Waals surface area contributed by atoms with E-state index in [0.29, 0.717) is 0 Å². The minimum absolute atomic E-state index is 0.0191. The molecule has 1 aromatic heterocycles. The van der Waals surface area contributed by atoms with Crippen LogP contribution in [0.1, 0.15) is 25.3 Å². The van der Waals surface area contributed by atoms with Crippen LogP contribution in [0.15, 0.2) is 18.2 Å². The summed E-state index contributed by atoms with van der Waals surface area (Å²) in [5, 5.41) is 0.403. The van der Waals surface area contributed by atoms with Crippen LogP contribution in [0.4, 0.5) is 8.78 Å². The van der Waals surface area contributed by atoms with E-state index in [1.54, 1.807) is 6.07 Å². The van der Waals surface area contributed by atoms with Crippen LogP contribution in [0.2, 0.25) is 5.15 Å². The van der Waals surface area contributed by atoms with Gasteiger partial charge < -0.3 is 0 Å². The first-order chi connectivity index (χ1) is 7.50. The van der Waals surface area contributed by atoms with Crippen molar-refractivity contribution in [3.05, 3.63) is 40.6 Å². The number of benzene rings is 1. The molecule has 0 amide bonds. The van der Waals surface area contributed by atoms with Crippen molar-refractivity contribution in [1.82, 2.24) is 4.98 Å².